The molecule has 1 atom stereocenters. The molecule has 188 valence electrons. The molecule has 34 heavy (non-hydrogen) atoms. The van der Waals surface area contributed by atoms with Crippen LogP contribution in [0.2, 0.25) is 0 Å². The lowest BCUT2D eigenvalue weighted by Gasteiger charge is -2.35. The number of carbonyl (C=O) groups is 2. The van der Waals surface area contributed by atoms with Crippen LogP contribution in [0.5, 0.6) is 0 Å². The van der Waals surface area contributed by atoms with E-state index in [9.17, 15) is 18.0 Å². The van der Waals surface area contributed by atoms with Crippen molar-refractivity contribution in [2.45, 2.75) is 75.6 Å². The zero-order valence-corrected chi connectivity index (χ0v) is 21.0. The smallest absolute Gasteiger partial charge is 0.340 e. The van der Waals surface area contributed by atoms with Crippen molar-refractivity contribution in [3.63, 3.8) is 0 Å². The molecular weight excluding hydrogens is 454 g/mol. The second-order valence-corrected chi connectivity index (χ2v) is 11.5. The summed E-state index contributed by atoms with van der Waals surface area (Å²) in [6.07, 6.45) is 8.70. The second-order valence-electron chi connectivity index (χ2n) is 9.56. The van der Waals surface area contributed by atoms with Gasteiger partial charge in [-0.1, -0.05) is 13.3 Å². The van der Waals surface area contributed by atoms with Crippen LogP contribution in [0.1, 0.15) is 75.1 Å². The summed E-state index contributed by atoms with van der Waals surface area (Å²) < 4.78 is 33.5. The van der Waals surface area contributed by atoms with Gasteiger partial charge in [-0.2, -0.15) is 4.31 Å². The predicted octanol–water partition coefficient (Wildman–Crippen LogP) is 3.41. The van der Waals surface area contributed by atoms with Gasteiger partial charge in [-0.15, -0.1) is 0 Å². The van der Waals surface area contributed by atoms with Crippen LogP contribution in [0.4, 0.5) is 5.69 Å². The second kappa shape index (κ2) is 11.1. The molecule has 3 heterocycles. The molecule has 0 N–H and O–H groups in total. The maximum absolute atomic E-state index is 13.2. The van der Waals surface area contributed by atoms with Gasteiger partial charge in [0.1, 0.15) is 0 Å². The van der Waals surface area contributed by atoms with Crippen molar-refractivity contribution in [1.29, 1.82) is 0 Å². The van der Waals surface area contributed by atoms with E-state index in [1.165, 1.54) is 10.4 Å². The number of nitrogens with zero attached hydrogens (tertiary/aromatic N) is 3. The minimum Gasteiger partial charge on any atom is -0.452 e. The molecule has 1 aromatic rings. The molecule has 3 fully saturated rings. The predicted molar refractivity (Wildman–Crippen MR) is 130 cm³/mol. The van der Waals surface area contributed by atoms with Crippen molar-refractivity contribution < 1.29 is 22.7 Å². The Morgan fingerprint density at radius 3 is 2.32 bits per heavy atom. The number of sulfonamides is 1. The number of benzene rings is 1. The van der Waals surface area contributed by atoms with E-state index in [2.05, 4.69) is 11.8 Å². The van der Waals surface area contributed by atoms with E-state index >= 15 is 0 Å². The third kappa shape index (κ3) is 5.40. The van der Waals surface area contributed by atoms with Crippen LogP contribution in [0, 0.1) is 0 Å². The zero-order valence-electron chi connectivity index (χ0n) is 20.2. The van der Waals surface area contributed by atoms with Crippen LogP contribution in [0.3, 0.4) is 0 Å². The molecule has 0 radical (unpaired) electrons. The molecule has 1 aromatic carbocycles. The Hall–Kier alpha value is -2.13. The molecule has 4 rings (SSSR count). The normalized spacial score (nSPS) is 22.1. The SMILES string of the molecule is CCC1CCCCN1C(=O)COC(=O)c1cc(S(=O)(=O)N2CCCCC2)ccc1N1CCCC1. The summed E-state index contributed by atoms with van der Waals surface area (Å²) in [6.45, 7) is 5.05. The molecule has 8 nitrogen and oxygen atoms in total. The zero-order chi connectivity index (χ0) is 24.1. The highest BCUT2D eigenvalue weighted by molar-refractivity contribution is 7.89. The number of piperidine rings is 2. The van der Waals surface area contributed by atoms with Crippen LogP contribution in [0.15, 0.2) is 23.1 Å². The maximum Gasteiger partial charge on any atom is 0.340 e. The average molecular weight is 492 g/mol. The monoisotopic (exact) mass is 491 g/mol. The molecular formula is C25H37N3O5S. The van der Waals surface area contributed by atoms with Crippen molar-refractivity contribution in [2.24, 2.45) is 0 Å². The van der Waals surface area contributed by atoms with Crippen molar-refractivity contribution in [3.8, 4) is 0 Å². The van der Waals surface area contributed by atoms with Gasteiger partial charge in [-0.25, -0.2) is 13.2 Å². The number of anilines is 1. The van der Waals surface area contributed by atoms with Crippen LogP contribution < -0.4 is 4.90 Å². The topological polar surface area (TPSA) is 87.2 Å². The van der Waals surface area contributed by atoms with Gasteiger partial charge < -0.3 is 14.5 Å². The minimum atomic E-state index is -3.69. The molecule has 3 aliphatic heterocycles. The largest absolute Gasteiger partial charge is 0.452 e. The lowest BCUT2D eigenvalue weighted by atomic mass is 10.00. The van der Waals surface area contributed by atoms with E-state index in [1.807, 2.05) is 4.90 Å². The van der Waals surface area contributed by atoms with E-state index < -0.39 is 16.0 Å². The van der Waals surface area contributed by atoms with Crippen molar-refractivity contribution >= 4 is 27.6 Å². The van der Waals surface area contributed by atoms with Crippen LogP contribution in [-0.4, -0.2) is 74.9 Å². The van der Waals surface area contributed by atoms with Gasteiger partial charge in [0.25, 0.3) is 5.91 Å². The first-order valence-corrected chi connectivity index (χ1v) is 14.2. The fourth-order valence-corrected chi connectivity index (χ4v) is 6.91. The summed E-state index contributed by atoms with van der Waals surface area (Å²) in [7, 11) is -3.69. The number of esters is 1. The number of carbonyl (C=O) groups excluding carboxylic acids is 2. The fraction of sp³-hybridized carbons (Fsp3) is 0.680. The Labute approximate surface area is 203 Å². The Bertz CT molecular complexity index is 984. The molecule has 1 amide bonds. The third-order valence-electron chi connectivity index (χ3n) is 7.33. The summed E-state index contributed by atoms with van der Waals surface area (Å²) in [5, 5.41) is 0. The third-order valence-corrected chi connectivity index (χ3v) is 9.23. The number of hydrogen-bond acceptors (Lipinski definition) is 6. The van der Waals surface area contributed by atoms with Gasteiger partial charge >= 0.3 is 5.97 Å². The Balaban J connectivity index is 1.54. The quantitative estimate of drug-likeness (QED) is 0.543. The highest BCUT2D eigenvalue weighted by Crippen LogP contribution is 2.30. The molecule has 0 aliphatic carbocycles. The highest BCUT2D eigenvalue weighted by atomic mass is 32.2. The van der Waals surface area contributed by atoms with Crippen LogP contribution in [0.25, 0.3) is 0 Å². The van der Waals surface area contributed by atoms with Crippen molar-refractivity contribution in [1.82, 2.24) is 9.21 Å². The number of ether oxygens (including phenoxy) is 1. The standard InChI is InChI=1S/C25H37N3O5S/c1-2-20-10-4-7-17-28(20)24(29)19-33-25(30)22-18-21(11-12-23(22)26-13-8-9-14-26)34(31,32)27-15-5-3-6-16-27/h11-12,18,20H,2-10,13-17,19H2,1H3. The average Bonchev–Trinajstić information content (AvgIpc) is 3.42. The first-order chi connectivity index (χ1) is 16.4. The minimum absolute atomic E-state index is 0.109. The fourth-order valence-electron chi connectivity index (χ4n) is 5.37. The van der Waals surface area contributed by atoms with Crippen molar-refractivity contribution in [2.75, 3.05) is 44.2 Å². The first kappa shape index (κ1) is 25.0. The summed E-state index contributed by atoms with van der Waals surface area (Å²) in [4.78, 5) is 30.0. The van der Waals surface area contributed by atoms with Gasteiger partial charge in [-0.3, -0.25) is 4.79 Å². The molecule has 3 saturated heterocycles. The Morgan fingerprint density at radius 1 is 0.941 bits per heavy atom. The molecule has 0 spiro atoms. The highest BCUT2D eigenvalue weighted by Gasteiger charge is 2.30. The molecule has 0 saturated carbocycles. The van der Waals surface area contributed by atoms with Gasteiger partial charge in [0.15, 0.2) is 6.61 Å². The number of likely N-dealkylation sites (tertiary alicyclic amines) is 1. The van der Waals surface area contributed by atoms with Gasteiger partial charge in [0.2, 0.25) is 10.0 Å². The summed E-state index contributed by atoms with van der Waals surface area (Å²) in [5.74, 6) is -0.823. The molecule has 0 bridgehead atoms. The van der Waals surface area contributed by atoms with E-state index in [0.29, 0.717) is 25.3 Å². The number of amides is 1. The Kier molecular flexibility index (Phi) is 8.14. The van der Waals surface area contributed by atoms with Gasteiger partial charge in [-0.05, 0) is 69.6 Å². The molecule has 0 aromatic heterocycles. The van der Waals surface area contributed by atoms with E-state index in [1.54, 1.807) is 12.1 Å². The summed E-state index contributed by atoms with van der Waals surface area (Å²) in [5.41, 5.74) is 0.899. The number of rotatable bonds is 7. The van der Waals surface area contributed by atoms with Gasteiger partial charge in [0.05, 0.1) is 16.1 Å². The van der Waals surface area contributed by atoms with Crippen molar-refractivity contribution in [3.05, 3.63) is 23.8 Å². The number of hydrogen-bond donors (Lipinski definition) is 0. The summed E-state index contributed by atoms with van der Waals surface area (Å²) >= 11 is 0. The van der Waals surface area contributed by atoms with E-state index in [0.717, 1.165) is 70.9 Å². The first-order valence-electron chi connectivity index (χ1n) is 12.8. The van der Waals surface area contributed by atoms with E-state index in [4.69, 9.17) is 4.74 Å². The summed E-state index contributed by atoms with van der Waals surface area (Å²) in [6, 6.07) is 4.95. The molecule has 3 aliphatic rings. The lowest BCUT2D eigenvalue weighted by Crippen LogP contribution is -2.45. The Morgan fingerprint density at radius 2 is 1.62 bits per heavy atom. The van der Waals surface area contributed by atoms with E-state index in [-0.39, 0.29) is 29.0 Å². The van der Waals surface area contributed by atoms with Crippen LogP contribution in [-0.2, 0) is 19.6 Å². The van der Waals surface area contributed by atoms with Crippen LogP contribution >= 0.6 is 0 Å². The van der Waals surface area contributed by atoms with Gasteiger partial charge in [0, 0.05) is 38.8 Å². The maximum atomic E-state index is 13.2. The molecule has 9 heteroatoms. The lowest BCUT2D eigenvalue weighted by molar-refractivity contribution is -0.138. The molecule has 1 unspecified atom stereocenters.